The fourth-order valence-electron chi connectivity index (χ4n) is 2.65. The first-order valence-corrected chi connectivity index (χ1v) is 11.8. The smallest absolute Gasteiger partial charge is 0.263 e. The second-order valence-electron chi connectivity index (χ2n) is 6.39. The average Bonchev–Trinajstić information content (AvgIpc) is 3.25. The number of allylic oxidation sites excluding steroid dienone is 1. The first-order valence-electron chi connectivity index (χ1n) is 9.51. The molecular weight excluding hydrogens is 452 g/mol. The maximum absolute atomic E-state index is 12.5. The van der Waals surface area contributed by atoms with E-state index in [0.717, 1.165) is 5.01 Å². The van der Waals surface area contributed by atoms with Crippen molar-refractivity contribution in [3.8, 4) is 11.5 Å². The molecule has 1 aromatic heterocycles. The van der Waals surface area contributed by atoms with Crippen LogP contribution in [0.2, 0.25) is 0 Å². The summed E-state index contributed by atoms with van der Waals surface area (Å²) in [6, 6.07) is 11.0. The molecule has 0 aliphatic rings. The fraction of sp³-hybridized carbons (Fsp3) is 0.190. The molecule has 1 heterocycles. The van der Waals surface area contributed by atoms with Crippen LogP contribution in [-0.4, -0.2) is 38.6 Å². The zero-order chi connectivity index (χ0) is 23.1. The number of ketones is 1. The molecule has 3 rings (SSSR count). The van der Waals surface area contributed by atoms with Crippen LogP contribution in [0.5, 0.6) is 11.5 Å². The average molecular weight is 475 g/mol. The lowest BCUT2D eigenvalue weighted by Crippen LogP contribution is -2.12. The molecule has 0 bridgehead atoms. The van der Waals surface area contributed by atoms with Crippen LogP contribution < -0.4 is 19.5 Å². The molecule has 0 aliphatic heterocycles. The van der Waals surface area contributed by atoms with E-state index in [1.54, 1.807) is 30.3 Å². The molecule has 2 N–H and O–H groups in total. The van der Waals surface area contributed by atoms with Gasteiger partial charge in [0.05, 0.1) is 24.7 Å². The number of methoxy groups -OCH3 is 2. The number of hydrogen-bond donors (Lipinski definition) is 2. The second-order valence-corrected chi connectivity index (χ2v) is 9.14. The van der Waals surface area contributed by atoms with E-state index in [9.17, 15) is 13.2 Å². The molecule has 0 amide bonds. The van der Waals surface area contributed by atoms with E-state index in [1.165, 1.54) is 50.0 Å². The molecule has 0 saturated heterocycles. The predicted octanol–water partition coefficient (Wildman–Crippen LogP) is 3.73. The van der Waals surface area contributed by atoms with E-state index in [4.69, 9.17) is 9.47 Å². The maximum Gasteiger partial charge on any atom is 0.263 e. The number of aryl methyl sites for hydroxylation is 1. The summed E-state index contributed by atoms with van der Waals surface area (Å²) in [5, 5.41) is 11.6. The van der Waals surface area contributed by atoms with Crippen molar-refractivity contribution in [2.75, 3.05) is 24.3 Å². The Balaban J connectivity index is 1.64. The van der Waals surface area contributed by atoms with Crippen molar-refractivity contribution in [2.45, 2.75) is 18.2 Å². The minimum Gasteiger partial charge on any atom is -0.497 e. The summed E-state index contributed by atoms with van der Waals surface area (Å²) in [4.78, 5) is 12.5. The highest BCUT2D eigenvalue weighted by Crippen LogP contribution is 2.25. The second kappa shape index (κ2) is 10.2. The van der Waals surface area contributed by atoms with Crippen molar-refractivity contribution in [3.05, 3.63) is 65.3 Å². The van der Waals surface area contributed by atoms with Gasteiger partial charge in [-0.1, -0.05) is 18.3 Å². The molecule has 0 spiro atoms. The van der Waals surface area contributed by atoms with Gasteiger partial charge >= 0.3 is 0 Å². The summed E-state index contributed by atoms with van der Waals surface area (Å²) >= 11 is 1.19. The van der Waals surface area contributed by atoms with Crippen LogP contribution in [0.1, 0.15) is 22.3 Å². The lowest BCUT2D eigenvalue weighted by atomic mass is 10.1. The van der Waals surface area contributed by atoms with Crippen LogP contribution in [-0.2, 0) is 16.4 Å². The van der Waals surface area contributed by atoms with Gasteiger partial charge in [-0.2, -0.15) is 0 Å². The number of sulfonamides is 1. The van der Waals surface area contributed by atoms with Gasteiger partial charge in [-0.3, -0.25) is 9.52 Å². The van der Waals surface area contributed by atoms with Crippen molar-refractivity contribution in [1.82, 2.24) is 10.2 Å². The van der Waals surface area contributed by atoms with E-state index < -0.39 is 10.0 Å². The highest BCUT2D eigenvalue weighted by molar-refractivity contribution is 7.93. The van der Waals surface area contributed by atoms with Crippen LogP contribution in [0.25, 0.3) is 0 Å². The molecule has 0 fully saturated rings. The van der Waals surface area contributed by atoms with E-state index >= 15 is 0 Å². The Morgan fingerprint density at radius 1 is 1.09 bits per heavy atom. The molecule has 0 unspecified atom stereocenters. The van der Waals surface area contributed by atoms with Crippen LogP contribution in [0.4, 0.5) is 10.8 Å². The van der Waals surface area contributed by atoms with Gasteiger partial charge in [0, 0.05) is 24.0 Å². The summed E-state index contributed by atoms with van der Waals surface area (Å²) in [7, 11) is -0.764. The molecule has 168 valence electrons. The molecule has 9 nitrogen and oxygen atoms in total. The van der Waals surface area contributed by atoms with E-state index in [2.05, 4.69) is 20.2 Å². The summed E-state index contributed by atoms with van der Waals surface area (Å²) < 4.78 is 37.8. The van der Waals surface area contributed by atoms with E-state index in [0.29, 0.717) is 29.2 Å². The number of nitrogens with one attached hydrogen (secondary N) is 2. The van der Waals surface area contributed by atoms with Gasteiger partial charge in [-0.25, -0.2) is 8.42 Å². The topological polar surface area (TPSA) is 120 Å². The Hall–Kier alpha value is -3.44. The van der Waals surface area contributed by atoms with E-state index in [1.807, 2.05) is 6.92 Å². The molecule has 0 radical (unpaired) electrons. The summed E-state index contributed by atoms with van der Waals surface area (Å²) in [6.07, 6.45) is 3.51. The van der Waals surface area contributed by atoms with Crippen LogP contribution in [0, 0.1) is 0 Å². The minimum absolute atomic E-state index is 0.0827. The van der Waals surface area contributed by atoms with Crippen LogP contribution in [0.3, 0.4) is 0 Å². The van der Waals surface area contributed by atoms with Crippen molar-refractivity contribution >= 4 is 38.0 Å². The third-order valence-electron chi connectivity index (χ3n) is 4.31. The van der Waals surface area contributed by atoms with Crippen molar-refractivity contribution in [3.63, 3.8) is 0 Å². The summed E-state index contributed by atoms with van der Waals surface area (Å²) in [5.74, 6) is 0.730. The van der Waals surface area contributed by atoms with Gasteiger partial charge in [0.15, 0.2) is 5.78 Å². The Kier molecular flexibility index (Phi) is 7.44. The van der Waals surface area contributed by atoms with Crippen LogP contribution >= 0.6 is 11.3 Å². The number of nitrogens with zero attached hydrogens (tertiary/aromatic N) is 2. The van der Waals surface area contributed by atoms with Gasteiger partial charge in [-0.05, 0) is 42.8 Å². The minimum atomic E-state index is -3.77. The first-order chi connectivity index (χ1) is 15.4. The quantitative estimate of drug-likeness (QED) is 0.337. The van der Waals surface area contributed by atoms with Gasteiger partial charge in [0.2, 0.25) is 5.13 Å². The number of carbonyl (C=O) groups is 1. The number of benzene rings is 2. The lowest BCUT2D eigenvalue weighted by molar-refractivity contribution is 0.104. The van der Waals surface area contributed by atoms with Gasteiger partial charge in [0.25, 0.3) is 10.0 Å². The highest BCUT2D eigenvalue weighted by atomic mass is 32.2. The summed E-state index contributed by atoms with van der Waals surface area (Å²) in [6.45, 7) is 1.92. The number of ether oxygens (including phenoxy) is 2. The molecule has 3 aromatic rings. The fourth-order valence-corrected chi connectivity index (χ4v) is 4.56. The summed E-state index contributed by atoms with van der Waals surface area (Å²) in [5.41, 5.74) is 1.00. The number of anilines is 2. The lowest BCUT2D eigenvalue weighted by Gasteiger charge is -2.08. The Labute approximate surface area is 190 Å². The van der Waals surface area contributed by atoms with Crippen molar-refractivity contribution in [1.29, 1.82) is 0 Å². The van der Waals surface area contributed by atoms with Crippen molar-refractivity contribution in [2.24, 2.45) is 0 Å². The Morgan fingerprint density at radius 3 is 2.47 bits per heavy atom. The Morgan fingerprint density at radius 2 is 1.84 bits per heavy atom. The standard InChI is InChI=1S/C21H22N4O5S2/c1-4-20-23-24-21(31-20)25-32(27,28)16-8-5-14(6-9-16)22-12-11-18(26)17-10-7-15(29-2)13-19(17)30-3/h5-13,22H,4H2,1-3H3,(H,24,25). The maximum atomic E-state index is 12.5. The zero-order valence-corrected chi connectivity index (χ0v) is 19.3. The Bertz CT molecular complexity index is 1220. The largest absolute Gasteiger partial charge is 0.497 e. The van der Waals surface area contributed by atoms with Gasteiger partial charge < -0.3 is 14.8 Å². The van der Waals surface area contributed by atoms with Crippen LogP contribution in [0.15, 0.2) is 59.6 Å². The number of carbonyl (C=O) groups excluding carboxylic acids is 1. The molecule has 0 atom stereocenters. The molecule has 2 aromatic carbocycles. The van der Waals surface area contributed by atoms with Gasteiger partial charge in [0.1, 0.15) is 16.5 Å². The SMILES string of the molecule is CCc1nnc(NS(=O)(=O)c2ccc(NC=CC(=O)c3ccc(OC)cc3OC)cc2)s1. The molecule has 0 aliphatic carbocycles. The van der Waals surface area contributed by atoms with E-state index in [-0.39, 0.29) is 15.8 Å². The normalized spacial score (nSPS) is 11.3. The molecule has 32 heavy (non-hydrogen) atoms. The highest BCUT2D eigenvalue weighted by Gasteiger charge is 2.16. The molecule has 0 saturated carbocycles. The third kappa shape index (κ3) is 5.62. The zero-order valence-electron chi connectivity index (χ0n) is 17.7. The predicted molar refractivity (Wildman–Crippen MR) is 123 cm³/mol. The number of rotatable bonds is 10. The number of aromatic nitrogens is 2. The third-order valence-corrected chi connectivity index (χ3v) is 6.78. The number of hydrogen-bond acceptors (Lipinski definition) is 9. The molecular formula is C21H22N4O5S2. The molecule has 11 heteroatoms. The first kappa shape index (κ1) is 23.2. The van der Waals surface area contributed by atoms with Crippen molar-refractivity contribution < 1.29 is 22.7 Å². The monoisotopic (exact) mass is 474 g/mol. The van der Waals surface area contributed by atoms with Gasteiger partial charge in [-0.15, -0.1) is 10.2 Å².